The molecule has 1 atom stereocenters. The molecule has 0 spiro atoms. The third kappa shape index (κ3) is 3.03. The van der Waals surface area contributed by atoms with E-state index in [0.29, 0.717) is 10.9 Å². The summed E-state index contributed by atoms with van der Waals surface area (Å²) in [5, 5.41) is 0.351. The molecular formula is C18H13NO5. The third-order valence-electron chi connectivity index (χ3n) is 3.42. The maximum absolute atomic E-state index is 12.3. The van der Waals surface area contributed by atoms with E-state index in [4.69, 9.17) is 14.9 Å². The van der Waals surface area contributed by atoms with Crippen LogP contribution >= 0.6 is 0 Å². The second-order valence-corrected chi connectivity index (χ2v) is 5.07. The number of hydrogen-bond acceptors (Lipinski definition) is 5. The SMILES string of the molecule is NC(=O)[C@@H](OC(=O)c1cc(=O)c2ccccc2o1)c1ccccc1. The number of carbonyl (C=O) groups is 2. The van der Waals surface area contributed by atoms with Crippen LogP contribution in [0.5, 0.6) is 0 Å². The first-order chi connectivity index (χ1) is 11.6. The third-order valence-corrected chi connectivity index (χ3v) is 3.42. The van der Waals surface area contributed by atoms with Crippen LogP contribution in [-0.4, -0.2) is 11.9 Å². The number of rotatable bonds is 4. The summed E-state index contributed by atoms with van der Waals surface area (Å²) >= 11 is 0. The summed E-state index contributed by atoms with van der Waals surface area (Å²) in [7, 11) is 0. The normalized spacial score (nSPS) is 11.8. The second kappa shape index (κ2) is 6.37. The number of fused-ring (bicyclic) bond motifs is 1. The minimum Gasteiger partial charge on any atom is -0.449 e. The zero-order chi connectivity index (χ0) is 17.1. The van der Waals surface area contributed by atoms with Gasteiger partial charge in [-0.05, 0) is 12.1 Å². The first kappa shape index (κ1) is 15.5. The monoisotopic (exact) mass is 323 g/mol. The van der Waals surface area contributed by atoms with Gasteiger partial charge in [-0.3, -0.25) is 9.59 Å². The molecule has 6 nitrogen and oxygen atoms in total. The van der Waals surface area contributed by atoms with Crippen molar-refractivity contribution >= 4 is 22.8 Å². The zero-order valence-electron chi connectivity index (χ0n) is 12.5. The Morgan fingerprint density at radius 2 is 1.67 bits per heavy atom. The second-order valence-electron chi connectivity index (χ2n) is 5.07. The molecular weight excluding hydrogens is 310 g/mol. The van der Waals surface area contributed by atoms with Crippen LogP contribution in [0.1, 0.15) is 22.2 Å². The van der Waals surface area contributed by atoms with Gasteiger partial charge < -0.3 is 14.9 Å². The molecule has 0 radical (unpaired) electrons. The molecule has 0 fully saturated rings. The molecule has 0 unspecified atom stereocenters. The quantitative estimate of drug-likeness (QED) is 0.742. The molecule has 0 aliphatic carbocycles. The fourth-order valence-corrected chi connectivity index (χ4v) is 2.29. The van der Waals surface area contributed by atoms with Crippen molar-refractivity contribution in [1.82, 2.24) is 0 Å². The molecule has 1 amide bonds. The molecule has 2 aromatic carbocycles. The van der Waals surface area contributed by atoms with Crippen LogP contribution in [0.3, 0.4) is 0 Å². The average Bonchev–Trinajstić information content (AvgIpc) is 2.60. The van der Waals surface area contributed by atoms with E-state index in [1.54, 1.807) is 54.6 Å². The highest BCUT2D eigenvalue weighted by Gasteiger charge is 2.25. The molecule has 2 N–H and O–H groups in total. The lowest BCUT2D eigenvalue weighted by Gasteiger charge is -2.14. The van der Waals surface area contributed by atoms with Crippen LogP contribution in [0.2, 0.25) is 0 Å². The van der Waals surface area contributed by atoms with Gasteiger partial charge in [0, 0.05) is 11.6 Å². The molecule has 120 valence electrons. The van der Waals surface area contributed by atoms with E-state index in [9.17, 15) is 14.4 Å². The fraction of sp³-hybridized carbons (Fsp3) is 0.0556. The van der Waals surface area contributed by atoms with Gasteiger partial charge in [0.05, 0.1) is 5.39 Å². The zero-order valence-corrected chi connectivity index (χ0v) is 12.5. The Morgan fingerprint density at radius 3 is 2.38 bits per heavy atom. The number of benzene rings is 2. The van der Waals surface area contributed by atoms with Crippen molar-refractivity contribution in [1.29, 1.82) is 0 Å². The molecule has 6 heteroatoms. The first-order valence-corrected chi connectivity index (χ1v) is 7.14. The highest BCUT2D eigenvalue weighted by molar-refractivity contribution is 5.91. The summed E-state index contributed by atoms with van der Waals surface area (Å²) in [5.41, 5.74) is 5.62. The van der Waals surface area contributed by atoms with Crippen LogP contribution in [0.15, 0.2) is 69.9 Å². The van der Waals surface area contributed by atoms with E-state index >= 15 is 0 Å². The number of carbonyl (C=O) groups excluding carboxylic acids is 2. The van der Waals surface area contributed by atoms with Gasteiger partial charge in [0.1, 0.15) is 5.58 Å². The van der Waals surface area contributed by atoms with E-state index in [0.717, 1.165) is 6.07 Å². The minimum absolute atomic E-state index is 0.257. The van der Waals surface area contributed by atoms with Gasteiger partial charge in [0.15, 0.2) is 5.43 Å². The van der Waals surface area contributed by atoms with Crippen molar-refractivity contribution in [3.63, 3.8) is 0 Å². The molecule has 0 saturated carbocycles. The smallest absolute Gasteiger partial charge is 0.375 e. The standard InChI is InChI=1S/C18H13NO5/c19-17(21)16(11-6-2-1-3-7-11)24-18(22)15-10-13(20)12-8-4-5-9-14(12)23-15/h1-10,16H,(H2,19,21)/t16-/m0/s1. The number of hydrogen-bond donors (Lipinski definition) is 1. The van der Waals surface area contributed by atoms with Gasteiger partial charge in [0.2, 0.25) is 11.9 Å². The predicted molar refractivity (Wildman–Crippen MR) is 86.3 cm³/mol. The highest BCUT2D eigenvalue weighted by atomic mass is 16.6. The van der Waals surface area contributed by atoms with E-state index in [2.05, 4.69) is 0 Å². The highest BCUT2D eigenvalue weighted by Crippen LogP contribution is 2.20. The summed E-state index contributed by atoms with van der Waals surface area (Å²) in [6, 6.07) is 15.9. The van der Waals surface area contributed by atoms with Gasteiger partial charge in [0.25, 0.3) is 5.91 Å². The Bertz CT molecular complexity index is 962. The van der Waals surface area contributed by atoms with E-state index < -0.39 is 18.0 Å². The van der Waals surface area contributed by atoms with Crippen molar-refractivity contribution in [3.8, 4) is 0 Å². The average molecular weight is 323 g/mol. The maximum Gasteiger partial charge on any atom is 0.375 e. The Kier molecular flexibility index (Phi) is 4.11. The van der Waals surface area contributed by atoms with Crippen molar-refractivity contribution in [2.45, 2.75) is 6.10 Å². The van der Waals surface area contributed by atoms with Crippen LogP contribution in [-0.2, 0) is 9.53 Å². The van der Waals surface area contributed by atoms with Crippen LogP contribution in [0.25, 0.3) is 11.0 Å². The van der Waals surface area contributed by atoms with Crippen molar-refractivity contribution in [2.24, 2.45) is 5.73 Å². The molecule has 1 aromatic heterocycles. The molecule has 0 saturated heterocycles. The Labute approximate surface area is 136 Å². The molecule has 0 bridgehead atoms. The fourth-order valence-electron chi connectivity index (χ4n) is 2.29. The summed E-state index contributed by atoms with van der Waals surface area (Å²) in [5.74, 6) is -2.05. The molecule has 1 heterocycles. The number of primary amides is 1. The molecule has 24 heavy (non-hydrogen) atoms. The maximum atomic E-state index is 12.3. The van der Waals surface area contributed by atoms with Crippen LogP contribution in [0.4, 0.5) is 0 Å². The van der Waals surface area contributed by atoms with Gasteiger partial charge in [-0.15, -0.1) is 0 Å². The number of para-hydroxylation sites is 1. The summed E-state index contributed by atoms with van der Waals surface area (Å²) in [6.07, 6.45) is -1.27. The van der Waals surface area contributed by atoms with E-state index in [1.165, 1.54) is 0 Å². The largest absolute Gasteiger partial charge is 0.449 e. The van der Waals surface area contributed by atoms with Gasteiger partial charge in [-0.25, -0.2) is 4.79 Å². The topological polar surface area (TPSA) is 99.6 Å². The van der Waals surface area contributed by atoms with Gasteiger partial charge >= 0.3 is 5.97 Å². The number of ether oxygens (including phenoxy) is 1. The number of nitrogens with two attached hydrogens (primary N) is 1. The lowest BCUT2D eigenvalue weighted by molar-refractivity contribution is -0.127. The summed E-state index contributed by atoms with van der Waals surface area (Å²) in [6.45, 7) is 0. The summed E-state index contributed by atoms with van der Waals surface area (Å²) in [4.78, 5) is 35.9. The predicted octanol–water partition coefficient (Wildman–Crippen LogP) is 2.18. The number of amides is 1. The minimum atomic E-state index is -1.27. The van der Waals surface area contributed by atoms with Crippen LogP contribution < -0.4 is 11.2 Å². The van der Waals surface area contributed by atoms with Gasteiger partial charge in [-0.2, -0.15) is 0 Å². The van der Waals surface area contributed by atoms with Crippen molar-refractivity contribution in [2.75, 3.05) is 0 Å². The molecule has 3 aromatic rings. The van der Waals surface area contributed by atoms with Crippen molar-refractivity contribution < 1.29 is 18.7 Å². The molecule has 3 rings (SSSR count). The van der Waals surface area contributed by atoms with Crippen molar-refractivity contribution in [3.05, 3.63) is 82.2 Å². The first-order valence-electron chi connectivity index (χ1n) is 7.14. The van der Waals surface area contributed by atoms with Crippen LogP contribution in [0, 0.1) is 0 Å². The molecule has 0 aliphatic rings. The molecule has 0 aliphatic heterocycles. The number of esters is 1. The van der Waals surface area contributed by atoms with E-state index in [-0.39, 0.29) is 16.8 Å². The van der Waals surface area contributed by atoms with E-state index in [1.807, 2.05) is 0 Å². The summed E-state index contributed by atoms with van der Waals surface area (Å²) < 4.78 is 10.5. The Morgan fingerprint density at radius 1 is 1.00 bits per heavy atom. The Balaban J connectivity index is 1.94. The Hall–Kier alpha value is -3.41. The lowest BCUT2D eigenvalue weighted by Crippen LogP contribution is -2.26. The van der Waals surface area contributed by atoms with Gasteiger partial charge in [-0.1, -0.05) is 42.5 Å². The lowest BCUT2D eigenvalue weighted by atomic mass is 10.1.